The number of carbonyl (C=O) groups is 1. The van der Waals surface area contributed by atoms with Gasteiger partial charge in [-0.05, 0) is 67.0 Å². The van der Waals surface area contributed by atoms with Gasteiger partial charge in [0.15, 0.2) is 0 Å². The van der Waals surface area contributed by atoms with Crippen LogP contribution in [0, 0.1) is 23.4 Å². The number of anilines is 1. The van der Waals surface area contributed by atoms with Crippen LogP contribution >= 0.6 is 22.6 Å². The van der Waals surface area contributed by atoms with Crippen molar-refractivity contribution in [2.75, 3.05) is 11.6 Å². The quantitative estimate of drug-likeness (QED) is 0.273. The molecule has 1 saturated carbocycles. The van der Waals surface area contributed by atoms with E-state index >= 15 is 0 Å². The van der Waals surface area contributed by atoms with Crippen LogP contribution in [0.5, 0.6) is 0 Å². The molecule has 4 rings (SSSR count). The lowest BCUT2D eigenvalue weighted by Gasteiger charge is -2.31. The van der Waals surface area contributed by atoms with Gasteiger partial charge in [-0.3, -0.25) is 14.0 Å². The average molecular weight is 613 g/mol. The van der Waals surface area contributed by atoms with Crippen LogP contribution in [0.25, 0.3) is 11.3 Å². The van der Waals surface area contributed by atoms with Crippen LogP contribution in [0.15, 0.2) is 47.6 Å². The van der Waals surface area contributed by atoms with Crippen molar-refractivity contribution in [2.45, 2.75) is 40.9 Å². The van der Waals surface area contributed by atoms with Gasteiger partial charge in [0.1, 0.15) is 28.8 Å². The van der Waals surface area contributed by atoms with E-state index in [0.717, 1.165) is 49.1 Å². The number of halogens is 4. The van der Waals surface area contributed by atoms with Crippen LogP contribution in [-0.2, 0) is 10.8 Å². The molecule has 1 amide bonds. The van der Waals surface area contributed by atoms with E-state index in [1.807, 2.05) is 6.07 Å². The Morgan fingerprint density at radius 3 is 2.46 bits per heavy atom. The molecular weight excluding hydrogens is 590 g/mol. The predicted octanol–water partition coefficient (Wildman–Crippen LogP) is 6.26. The fourth-order valence-corrected chi connectivity index (χ4v) is 6.53. The number of benzene rings is 1. The minimum Gasteiger partial charge on any atom is -0.319 e. The molecule has 4 atom stereocenters. The largest absolute Gasteiger partial charge is 0.319 e. The van der Waals surface area contributed by atoms with E-state index in [0.29, 0.717) is 15.5 Å². The van der Waals surface area contributed by atoms with Gasteiger partial charge in [0.05, 0.1) is 17.4 Å². The van der Waals surface area contributed by atoms with Gasteiger partial charge in [-0.1, -0.05) is 29.5 Å². The van der Waals surface area contributed by atoms with Gasteiger partial charge >= 0.3 is 0 Å². The molecule has 1 aliphatic carbocycles. The zero-order chi connectivity index (χ0) is 25.3. The molecule has 184 valence electrons. The van der Waals surface area contributed by atoms with Gasteiger partial charge in [-0.25, -0.2) is 18.2 Å². The van der Waals surface area contributed by atoms with Crippen LogP contribution in [0.4, 0.5) is 18.9 Å². The minimum atomic E-state index is -1.63. The Balaban J connectivity index is 1.65. The highest BCUT2D eigenvalue weighted by Crippen LogP contribution is 2.41. The third kappa shape index (κ3) is 5.74. The summed E-state index contributed by atoms with van der Waals surface area (Å²) in [5.74, 6) is -3.07. The minimum absolute atomic E-state index is 0.0760. The Kier molecular flexibility index (Phi) is 7.89. The predicted molar refractivity (Wildman–Crippen MR) is 138 cm³/mol. The number of alkyl halides is 1. The van der Waals surface area contributed by atoms with Gasteiger partial charge in [0.2, 0.25) is 0 Å². The summed E-state index contributed by atoms with van der Waals surface area (Å²) in [7, 11) is -1.63. The van der Waals surface area contributed by atoms with Crippen LogP contribution in [0.3, 0.4) is 0 Å². The van der Waals surface area contributed by atoms with Crippen molar-refractivity contribution in [3.63, 3.8) is 0 Å². The number of rotatable bonds is 5. The number of amides is 1. The summed E-state index contributed by atoms with van der Waals surface area (Å²) in [4.78, 5) is 21.0. The molecular formula is C25H23F3IN3O2S. The Hall–Kier alpha value is -2.34. The third-order valence-corrected chi connectivity index (χ3v) is 8.01. The first-order valence-corrected chi connectivity index (χ1v) is 13.8. The molecule has 3 aromatic rings. The maximum atomic E-state index is 14.6. The Morgan fingerprint density at radius 2 is 1.80 bits per heavy atom. The summed E-state index contributed by atoms with van der Waals surface area (Å²) in [6.45, 7) is 2.21. The second kappa shape index (κ2) is 10.7. The van der Waals surface area contributed by atoms with Crippen LogP contribution in [-0.4, -0.2) is 30.3 Å². The Morgan fingerprint density at radius 1 is 1.09 bits per heavy atom. The summed E-state index contributed by atoms with van der Waals surface area (Å²) in [5.41, 5.74) is -0.0786. The first kappa shape index (κ1) is 25.7. The van der Waals surface area contributed by atoms with Crippen molar-refractivity contribution in [2.24, 2.45) is 5.92 Å². The van der Waals surface area contributed by atoms with E-state index in [-0.39, 0.29) is 16.5 Å². The lowest BCUT2D eigenvalue weighted by Crippen LogP contribution is -2.22. The van der Waals surface area contributed by atoms with Crippen molar-refractivity contribution >= 4 is 45.0 Å². The summed E-state index contributed by atoms with van der Waals surface area (Å²) in [5, 5.41) is 2.79. The molecule has 5 nitrogen and oxygen atoms in total. The molecule has 1 N–H and O–H groups in total. The highest BCUT2D eigenvalue weighted by atomic mass is 127. The molecule has 1 fully saturated rings. The molecule has 2 unspecified atom stereocenters. The highest BCUT2D eigenvalue weighted by Gasteiger charge is 2.28. The number of carbonyl (C=O) groups excluding carboxylic acids is 1. The molecule has 0 radical (unpaired) electrons. The SMILES string of the molecule is C[C@@H]1CC(I)CC(c2ccncc2NC(=O)c2ccc(F)c(-c3c(F)cc([S@@](C)=O)cc3F)n2)C1. The molecule has 0 saturated heterocycles. The zero-order valence-corrected chi connectivity index (χ0v) is 22.0. The van der Waals surface area contributed by atoms with E-state index in [4.69, 9.17) is 0 Å². The smallest absolute Gasteiger partial charge is 0.274 e. The number of pyridine rings is 2. The van der Waals surface area contributed by atoms with E-state index in [1.54, 1.807) is 12.4 Å². The number of nitrogens with one attached hydrogen (secondary N) is 1. The molecule has 0 bridgehead atoms. The van der Waals surface area contributed by atoms with Crippen molar-refractivity contribution in [1.82, 2.24) is 9.97 Å². The van der Waals surface area contributed by atoms with Crippen molar-refractivity contribution in [3.8, 4) is 11.3 Å². The molecule has 2 aromatic heterocycles. The van der Waals surface area contributed by atoms with E-state index in [1.165, 1.54) is 6.26 Å². The monoisotopic (exact) mass is 613 g/mol. The Labute approximate surface area is 217 Å². The van der Waals surface area contributed by atoms with E-state index in [2.05, 4.69) is 44.8 Å². The van der Waals surface area contributed by atoms with Crippen LogP contribution < -0.4 is 5.32 Å². The molecule has 10 heteroatoms. The number of aromatic nitrogens is 2. The number of hydrogen-bond donors (Lipinski definition) is 1. The topological polar surface area (TPSA) is 72.0 Å². The van der Waals surface area contributed by atoms with Crippen LogP contribution in [0.2, 0.25) is 0 Å². The maximum absolute atomic E-state index is 14.6. The fraction of sp³-hybridized carbons (Fsp3) is 0.320. The second-order valence-corrected chi connectivity index (χ2v) is 11.9. The van der Waals surface area contributed by atoms with Crippen molar-refractivity contribution in [3.05, 3.63) is 71.4 Å². The van der Waals surface area contributed by atoms with Gasteiger partial charge in [0, 0.05) is 32.1 Å². The average Bonchev–Trinajstić information content (AvgIpc) is 2.79. The first-order valence-electron chi connectivity index (χ1n) is 11.0. The van der Waals surface area contributed by atoms with Gasteiger partial charge in [0.25, 0.3) is 5.91 Å². The fourth-order valence-electron chi connectivity index (χ4n) is 4.51. The van der Waals surface area contributed by atoms with E-state index in [9.17, 15) is 22.2 Å². The molecule has 1 aliphatic rings. The first-order chi connectivity index (χ1) is 16.6. The third-order valence-electron chi connectivity index (χ3n) is 6.09. The normalized spacial score (nSPS) is 20.9. The van der Waals surface area contributed by atoms with Crippen molar-refractivity contribution < 1.29 is 22.2 Å². The second-order valence-electron chi connectivity index (χ2n) is 8.77. The van der Waals surface area contributed by atoms with Crippen molar-refractivity contribution in [1.29, 1.82) is 0 Å². The number of nitrogens with zero attached hydrogens (tertiary/aromatic N) is 2. The Bertz CT molecular complexity index is 1270. The molecule has 2 heterocycles. The van der Waals surface area contributed by atoms with Gasteiger partial charge < -0.3 is 5.32 Å². The summed E-state index contributed by atoms with van der Waals surface area (Å²) in [6, 6.07) is 5.72. The zero-order valence-electron chi connectivity index (χ0n) is 19.0. The standard InChI is InChI=1S/C25H23F3IN3O2S/c1-13-7-14(9-15(29)8-13)17-5-6-30-12-22(17)32-25(33)21-4-3-18(26)24(31-21)23-19(27)10-16(35(2)34)11-20(23)28/h3-6,10-15H,7-9H2,1-2H3,(H,32,33)/t13-,14?,15?,35+/m0/s1. The molecule has 0 spiro atoms. The molecule has 35 heavy (non-hydrogen) atoms. The van der Waals surface area contributed by atoms with Gasteiger partial charge in [-0.15, -0.1) is 0 Å². The summed E-state index contributed by atoms with van der Waals surface area (Å²) in [6.07, 6.45) is 7.63. The van der Waals surface area contributed by atoms with E-state index < -0.39 is 45.4 Å². The van der Waals surface area contributed by atoms with Crippen LogP contribution in [0.1, 0.15) is 48.2 Å². The summed E-state index contributed by atoms with van der Waals surface area (Å²) < 4.78 is 56.0. The summed E-state index contributed by atoms with van der Waals surface area (Å²) >= 11 is 2.46. The maximum Gasteiger partial charge on any atom is 0.274 e. The number of hydrogen-bond acceptors (Lipinski definition) is 4. The lowest BCUT2D eigenvalue weighted by atomic mass is 9.78. The highest BCUT2D eigenvalue weighted by molar-refractivity contribution is 14.1. The molecule has 1 aromatic carbocycles. The van der Waals surface area contributed by atoms with Gasteiger partial charge in [-0.2, -0.15) is 0 Å². The lowest BCUT2D eigenvalue weighted by molar-refractivity contribution is 0.102. The molecule has 0 aliphatic heterocycles.